The summed E-state index contributed by atoms with van der Waals surface area (Å²) in [5.74, 6) is 1.59. The van der Waals surface area contributed by atoms with Crippen molar-refractivity contribution in [1.29, 1.82) is 10.8 Å². The summed E-state index contributed by atoms with van der Waals surface area (Å²) in [6.07, 6.45) is 4.22. The Hall–Kier alpha value is -0.570. The maximum Gasteiger partial charge on any atom is 0.187 e. The second kappa shape index (κ2) is 13.4. The number of thiocarbonyl (C=S) groups is 2. The van der Waals surface area contributed by atoms with Crippen LogP contribution >= 0.6 is 24.4 Å². The van der Waals surface area contributed by atoms with Crippen molar-refractivity contribution in [3.8, 4) is 0 Å². The molecular weight excluding hydrogens is 316 g/mol. The molecule has 0 unspecified atom stereocenters. The highest BCUT2D eigenvalue weighted by molar-refractivity contribution is 7.91. The minimum Gasteiger partial charge on any atom is -0.616 e. The van der Waals surface area contributed by atoms with E-state index in [2.05, 4.69) is 24.4 Å². The summed E-state index contributed by atoms with van der Waals surface area (Å²) in [4.78, 5) is 0. The Kier molecular flexibility index (Phi) is 13.0. The van der Waals surface area contributed by atoms with Gasteiger partial charge < -0.3 is 14.0 Å². The van der Waals surface area contributed by atoms with Gasteiger partial charge in [0.25, 0.3) is 0 Å². The molecule has 0 saturated carbocycles. The molecule has 0 aliphatic rings. The van der Waals surface area contributed by atoms with Crippen molar-refractivity contribution in [2.45, 2.75) is 38.5 Å². The highest BCUT2D eigenvalue weighted by Gasteiger charge is 2.07. The molecule has 0 rings (SSSR count). The second-order valence-electron chi connectivity index (χ2n) is 4.04. The number of unbranched alkanes of at least 4 members (excludes halogenated alkanes) is 2. The summed E-state index contributed by atoms with van der Waals surface area (Å²) in [5, 5.41) is 14.7. The zero-order valence-electron chi connectivity index (χ0n) is 11.3. The maximum atomic E-state index is 11.7. The number of rotatable bonds is 12. The first-order valence-electron chi connectivity index (χ1n) is 6.30. The molecule has 2 N–H and O–H groups in total. The van der Waals surface area contributed by atoms with E-state index in [0.717, 1.165) is 36.8 Å². The van der Waals surface area contributed by atoms with Crippen LogP contribution in [-0.2, 0) is 20.6 Å². The fraction of sp³-hybridized carbons (Fsp3) is 0.667. The quantitative estimate of drug-likeness (QED) is 0.188. The molecule has 5 nitrogen and oxygen atoms in total. The van der Waals surface area contributed by atoms with Crippen molar-refractivity contribution in [2.75, 3.05) is 11.5 Å². The van der Waals surface area contributed by atoms with Gasteiger partial charge in [-0.05, 0) is 50.1 Å². The van der Waals surface area contributed by atoms with Crippen molar-refractivity contribution in [1.82, 2.24) is 0 Å². The van der Waals surface area contributed by atoms with Crippen LogP contribution < -0.4 is 0 Å². The average molecular weight is 337 g/mol. The Morgan fingerprint density at radius 3 is 1.65 bits per heavy atom. The van der Waals surface area contributed by atoms with E-state index in [0.29, 0.717) is 24.3 Å². The molecule has 0 aliphatic heterocycles. The predicted octanol–water partition coefficient (Wildman–Crippen LogP) is 2.98. The molecule has 0 radical (unpaired) electrons. The van der Waals surface area contributed by atoms with E-state index in [-0.39, 0.29) is 11.8 Å². The van der Waals surface area contributed by atoms with Crippen LogP contribution in [0.1, 0.15) is 38.5 Å². The van der Waals surface area contributed by atoms with Gasteiger partial charge in [-0.25, -0.2) is 0 Å². The molecule has 0 aromatic rings. The van der Waals surface area contributed by atoms with Crippen LogP contribution in [0.5, 0.6) is 0 Å². The Balaban J connectivity index is 3.43. The van der Waals surface area contributed by atoms with Gasteiger partial charge in [-0.2, -0.15) is 0 Å². The third-order valence-corrected chi connectivity index (χ3v) is 4.11. The van der Waals surface area contributed by atoms with E-state index in [4.69, 9.17) is 20.3 Å². The van der Waals surface area contributed by atoms with Crippen LogP contribution in [0.25, 0.3) is 0 Å². The Bertz CT molecular complexity index is 297. The van der Waals surface area contributed by atoms with Gasteiger partial charge in [0.1, 0.15) is 11.5 Å². The number of hydrogen-bond donors (Lipinski definition) is 2. The molecule has 8 heteroatoms. The molecule has 114 valence electrons. The molecule has 0 amide bonds. The smallest absolute Gasteiger partial charge is 0.187 e. The van der Waals surface area contributed by atoms with Crippen molar-refractivity contribution in [3.05, 3.63) is 0 Å². The van der Waals surface area contributed by atoms with Crippen LogP contribution in [0.15, 0.2) is 0 Å². The average Bonchev–Trinajstić information content (AvgIpc) is 2.40. The number of hydrogen-bond acceptors (Lipinski definition) is 7. The topological polar surface area (TPSA) is 89.2 Å². The first-order valence-corrected chi connectivity index (χ1v) is 8.73. The fourth-order valence-corrected chi connectivity index (χ4v) is 2.92. The van der Waals surface area contributed by atoms with Crippen molar-refractivity contribution in [2.24, 2.45) is 0 Å². The lowest BCUT2D eigenvalue weighted by atomic mass is 10.2. The zero-order valence-corrected chi connectivity index (χ0v) is 13.7. The number of nitrogens with one attached hydrogen (secondary N) is 2. The van der Waals surface area contributed by atoms with E-state index < -0.39 is 11.2 Å². The van der Waals surface area contributed by atoms with Crippen LogP contribution in [0.3, 0.4) is 0 Å². The molecule has 0 aliphatic carbocycles. The summed E-state index contributed by atoms with van der Waals surface area (Å²) in [6.45, 7) is 0. The van der Waals surface area contributed by atoms with Gasteiger partial charge >= 0.3 is 0 Å². The fourth-order valence-electron chi connectivity index (χ4n) is 1.43. The molecule has 0 spiro atoms. The molecule has 0 saturated heterocycles. The molecule has 0 fully saturated rings. The van der Waals surface area contributed by atoms with Crippen molar-refractivity contribution in [3.63, 3.8) is 0 Å². The van der Waals surface area contributed by atoms with Gasteiger partial charge in [-0.3, -0.25) is 10.8 Å². The summed E-state index contributed by atoms with van der Waals surface area (Å²) < 4.78 is 21.1. The van der Waals surface area contributed by atoms with Crippen LogP contribution in [0.2, 0.25) is 0 Å². The predicted molar refractivity (Wildman–Crippen MR) is 90.5 cm³/mol. The number of ether oxygens (including phenoxy) is 2. The Morgan fingerprint density at radius 2 is 1.30 bits per heavy atom. The van der Waals surface area contributed by atoms with Crippen molar-refractivity contribution >= 4 is 58.5 Å². The molecule has 0 aromatic heterocycles. The van der Waals surface area contributed by atoms with Crippen LogP contribution in [-0.4, -0.2) is 39.0 Å². The van der Waals surface area contributed by atoms with E-state index >= 15 is 0 Å². The van der Waals surface area contributed by atoms with Crippen LogP contribution in [0, 0.1) is 10.8 Å². The standard InChI is InChI=1S/C12H20N2O3S3/c13-11(16-9-18)5-1-3-7-20(15)8-4-2-6-12(14)17-10-19/h9-10,13-14H,1-8H2. The van der Waals surface area contributed by atoms with Crippen molar-refractivity contribution < 1.29 is 14.0 Å². The molecular formula is C12H20N2O3S3. The van der Waals surface area contributed by atoms with E-state index in [1.54, 1.807) is 0 Å². The summed E-state index contributed by atoms with van der Waals surface area (Å²) >= 11 is 8.11. The maximum absolute atomic E-state index is 11.7. The zero-order chi connectivity index (χ0) is 15.2. The van der Waals surface area contributed by atoms with Gasteiger partial charge in [0.15, 0.2) is 22.9 Å². The normalized spacial score (nSPS) is 11.4. The first-order chi connectivity index (χ1) is 9.60. The second-order valence-corrected chi connectivity index (χ2v) is 6.12. The summed E-state index contributed by atoms with van der Waals surface area (Å²) in [5.41, 5.74) is 2.15. The molecule has 0 atom stereocenters. The minimum absolute atomic E-state index is 0.155. The van der Waals surface area contributed by atoms with Gasteiger partial charge in [0, 0.05) is 12.8 Å². The minimum atomic E-state index is -0.836. The van der Waals surface area contributed by atoms with Gasteiger partial charge in [0.05, 0.1) is 0 Å². The Labute approximate surface area is 133 Å². The van der Waals surface area contributed by atoms with E-state index in [9.17, 15) is 4.55 Å². The van der Waals surface area contributed by atoms with Crippen LogP contribution in [0.4, 0.5) is 0 Å². The molecule has 20 heavy (non-hydrogen) atoms. The third-order valence-electron chi connectivity index (χ3n) is 2.43. The first kappa shape index (κ1) is 19.4. The Morgan fingerprint density at radius 1 is 0.900 bits per heavy atom. The highest BCUT2D eigenvalue weighted by Crippen LogP contribution is 2.06. The van der Waals surface area contributed by atoms with E-state index in [1.807, 2.05) is 0 Å². The monoisotopic (exact) mass is 336 g/mol. The largest absolute Gasteiger partial charge is 0.616 e. The summed E-state index contributed by atoms with van der Waals surface area (Å²) in [6, 6.07) is 0. The molecule has 0 bridgehead atoms. The van der Waals surface area contributed by atoms with E-state index in [1.165, 1.54) is 0 Å². The van der Waals surface area contributed by atoms with Gasteiger partial charge in [0.2, 0.25) is 0 Å². The molecule has 0 heterocycles. The lowest BCUT2D eigenvalue weighted by Gasteiger charge is -2.10. The SMILES string of the molecule is N=C(CCCC[S+]([O-])CCCCC(=N)OC=S)OC=S. The summed E-state index contributed by atoms with van der Waals surface area (Å²) in [7, 11) is 0. The third kappa shape index (κ3) is 12.5. The lowest BCUT2D eigenvalue weighted by Crippen LogP contribution is -2.12. The van der Waals surface area contributed by atoms with Gasteiger partial charge in [-0.15, -0.1) is 0 Å². The highest BCUT2D eigenvalue weighted by atomic mass is 32.2. The lowest BCUT2D eigenvalue weighted by molar-refractivity contribution is 0.541. The van der Waals surface area contributed by atoms with Gasteiger partial charge in [-0.1, -0.05) is 11.2 Å². The molecule has 0 aromatic carbocycles.